The third kappa shape index (κ3) is 1.73. The molecule has 0 saturated carbocycles. The topological polar surface area (TPSA) is 38.4 Å². The molecule has 1 heterocycles. The number of nitrogens with zero attached hydrogens (tertiary/aromatic N) is 2. The third-order valence-corrected chi connectivity index (χ3v) is 2.88. The molecule has 3 nitrogen and oxygen atoms in total. The van der Waals surface area contributed by atoms with Crippen molar-refractivity contribution in [3.8, 4) is 0 Å². The first-order valence-electron chi connectivity index (χ1n) is 5.39. The minimum absolute atomic E-state index is 0.159. The first-order valence-corrected chi connectivity index (χ1v) is 5.39. The number of azo groups is 1. The van der Waals surface area contributed by atoms with Crippen LogP contribution in [0.5, 0.6) is 0 Å². The van der Waals surface area contributed by atoms with Gasteiger partial charge >= 0.3 is 0 Å². The van der Waals surface area contributed by atoms with Crippen molar-refractivity contribution in [2.24, 2.45) is 5.11 Å². The maximum atomic E-state index is 13.1. The highest BCUT2D eigenvalue weighted by Crippen LogP contribution is 2.32. The zero-order chi connectivity index (χ0) is 12.7. The van der Waals surface area contributed by atoms with Gasteiger partial charge in [0.15, 0.2) is 0 Å². The van der Waals surface area contributed by atoms with Crippen molar-refractivity contribution in [2.75, 3.05) is 0 Å². The fourth-order valence-electron chi connectivity index (χ4n) is 2.00. The lowest BCUT2D eigenvalue weighted by Gasteiger charge is -2.02. The smallest absolute Gasteiger partial charge is 0.251 e. The lowest BCUT2D eigenvalue weighted by Crippen LogP contribution is -1.95. The van der Waals surface area contributed by atoms with E-state index >= 15 is 0 Å². The van der Waals surface area contributed by atoms with Gasteiger partial charge in [0.25, 0.3) is 5.69 Å². The molecule has 5 heteroatoms. The van der Waals surface area contributed by atoms with E-state index in [1.165, 1.54) is 18.2 Å². The van der Waals surface area contributed by atoms with Crippen molar-refractivity contribution in [3.05, 3.63) is 64.4 Å². The zero-order valence-electron chi connectivity index (χ0n) is 9.23. The van der Waals surface area contributed by atoms with E-state index in [4.69, 9.17) is 0 Å². The van der Waals surface area contributed by atoms with Gasteiger partial charge in [-0.3, -0.25) is 0 Å². The van der Waals surface area contributed by atoms with Gasteiger partial charge in [0, 0.05) is 29.2 Å². The Morgan fingerprint density at radius 1 is 1.00 bits per heavy atom. The van der Waals surface area contributed by atoms with Gasteiger partial charge in [-0.1, -0.05) is 6.07 Å². The van der Waals surface area contributed by atoms with Gasteiger partial charge in [-0.25, -0.2) is 8.78 Å². The Morgan fingerprint density at radius 2 is 1.67 bits per heavy atom. The molecule has 0 atom stereocenters. The molecule has 0 aromatic heterocycles. The predicted molar refractivity (Wildman–Crippen MR) is 61.0 cm³/mol. The van der Waals surface area contributed by atoms with Crippen LogP contribution in [0.3, 0.4) is 0 Å². The number of hydrogen-bond donors (Lipinski definition) is 0. The highest BCUT2D eigenvalue weighted by molar-refractivity contribution is 5.52. The second-order valence-electron chi connectivity index (χ2n) is 4.10. The Kier molecular flexibility index (Phi) is 2.33. The summed E-state index contributed by atoms with van der Waals surface area (Å²) in [5.74, 6) is -0.954. The Balaban J connectivity index is 2.23. The highest BCUT2D eigenvalue weighted by atomic mass is 19.1. The molecule has 0 unspecified atom stereocenters. The van der Waals surface area contributed by atoms with Crippen molar-refractivity contribution < 1.29 is 13.6 Å². The van der Waals surface area contributed by atoms with Gasteiger partial charge in [0.2, 0.25) is 0 Å². The molecule has 1 aliphatic rings. The highest BCUT2D eigenvalue weighted by Gasteiger charge is 2.20. The van der Waals surface area contributed by atoms with Gasteiger partial charge in [-0.15, -0.1) is 0 Å². The molecule has 0 radical (unpaired) electrons. The van der Waals surface area contributed by atoms with Gasteiger partial charge in [0.05, 0.1) is 0 Å². The van der Waals surface area contributed by atoms with E-state index in [0.29, 0.717) is 16.8 Å². The van der Waals surface area contributed by atoms with Crippen molar-refractivity contribution in [1.82, 2.24) is 0 Å². The average molecular weight is 246 g/mol. The molecule has 2 aromatic carbocycles. The molecule has 3 rings (SSSR count). The van der Waals surface area contributed by atoms with Crippen LogP contribution < -0.4 is 0 Å². The molecular formula is C13H8F2N2O. The standard InChI is InChI=1S/C13H8F2N2O/c14-10-3-1-8-5-9-2-4-11(15)7-13(9)17(18)16-12(8)6-10/h1-4,6-7H,5H2. The molecule has 0 N–H and O–H groups in total. The maximum absolute atomic E-state index is 13.1. The maximum Gasteiger partial charge on any atom is 0.251 e. The molecular weight excluding hydrogens is 238 g/mol. The summed E-state index contributed by atoms with van der Waals surface area (Å²) in [7, 11) is 0. The molecule has 0 amide bonds. The number of fused-ring (bicyclic) bond motifs is 2. The van der Waals surface area contributed by atoms with Crippen LogP contribution in [0.1, 0.15) is 11.1 Å². The fraction of sp³-hybridized carbons (Fsp3) is 0.0769. The van der Waals surface area contributed by atoms with Crippen LogP contribution in [0.4, 0.5) is 20.2 Å². The zero-order valence-corrected chi connectivity index (χ0v) is 9.23. The van der Waals surface area contributed by atoms with Crippen LogP contribution in [0.25, 0.3) is 0 Å². The van der Waals surface area contributed by atoms with Crippen LogP contribution in [-0.4, -0.2) is 4.86 Å². The Morgan fingerprint density at radius 3 is 2.44 bits per heavy atom. The molecule has 2 aromatic rings. The monoisotopic (exact) mass is 246 g/mol. The van der Waals surface area contributed by atoms with Gasteiger partial charge in [-0.2, -0.15) is 0 Å². The van der Waals surface area contributed by atoms with Crippen molar-refractivity contribution >= 4 is 11.4 Å². The summed E-state index contributed by atoms with van der Waals surface area (Å²) in [4.78, 5) is 0.337. The van der Waals surface area contributed by atoms with Crippen molar-refractivity contribution in [3.63, 3.8) is 0 Å². The fourth-order valence-corrected chi connectivity index (χ4v) is 2.00. The molecule has 0 saturated heterocycles. The minimum atomic E-state index is -0.498. The van der Waals surface area contributed by atoms with E-state index in [1.54, 1.807) is 12.1 Å². The largest absolute Gasteiger partial charge is 0.594 e. The number of rotatable bonds is 0. The average Bonchev–Trinajstić information content (AvgIpc) is 2.46. The molecule has 90 valence electrons. The lowest BCUT2D eigenvalue weighted by molar-refractivity contribution is -0.435. The SMILES string of the molecule is [O-][N+]1=Nc2cc(F)ccc2Cc2ccc(F)cc21. The quantitative estimate of drug-likeness (QED) is 0.514. The molecule has 0 spiro atoms. The van der Waals surface area contributed by atoms with Crippen LogP contribution >= 0.6 is 0 Å². The molecule has 0 fully saturated rings. The Labute approximate surface area is 102 Å². The Bertz CT molecular complexity index is 668. The molecule has 1 aliphatic heterocycles. The first kappa shape index (κ1) is 10.8. The van der Waals surface area contributed by atoms with Crippen LogP contribution in [0.15, 0.2) is 41.5 Å². The van der Waals surface area contributed by atoms with Gasteiger partial charge in [0.1, 0.15) is 17.3 Å². The Hall–Kier alpha value is -2.30. The number of halogens is 2. The lowest BCUT2D eigenvalue weighted by atomic mass is 10.0. The molecule has 0 bridgehead atoms. The summed E-state index contributed by atoms with van der Waals surface area (Å²) in [6.07, 6.45) is 0.424. The van der Waals surface area contributed by atoms with Gasteiger partial charge < -0.3 is 5.21 Å². The summed E-state index contributed by atoms with van der Waals surface area (Å²) in [5.41, 5.74) is 1.84. The second-order valence-corrected chi connectivity index (χ2v) is 4.10. The number of benzene rings is 2. The molecule has 0 aliphatic carbocycles. The number of hydrogen-bond acceptors (Lipinski definition) is 2. The minimum Gasteiger partial charge on any atom is -0.594 e. The molecule has 18 heavy (non-hydrogen) atoms. The second kappa shape index (κ2) is 3.87. The van der Waals surface area contributed by atoms with E-state index in [9.17, 15) is 14.0 Å². The first-order chi connectivity index (χ1) is 8.63. The van der Waals surface area contributed by atoms with E-state index in [1.807, 2.05) is 0 Å². The van der Waals surface area contributed by atoms with Crippen molar-refractivity contribution in [2.45, 2.75) is 6.42 Å². The van der Waals surface area contributed by atoms with E-state index < -0.39 is 11.6 Å². The van der Waals surface area contributed by atoms with E-state index in [0.717, 1.165) is 11.6 Å². The summed E-state index contributed by atoms with van der Waals surface area (Å²) < 4.78 is 26.2. The summed E-state index contributed by atoms with van der Waals surface area (Å²) in [5, 5.41) is 15.5. The third-order valence-electron chi connectivity index (χ3n) is 2.88. The summed E-state index contributed by atoms with van der Waals surface area (Å²) in [6.45, 7) is 0. The van der Waals surface area contributed by atoms with E-state index in [-0.39, 0.29) is 11.4 Å². The van der Waals surface area contributed by atoms with E-state index in [2.05, 4.69) is 5.11 Å². The van der Waals surface area contributed by atoms with Crippen LogP contribution in [0.2, 0.25) is 0 Å². The predicted octanol–water partition coefficient (Wildman–Crippen LogP) is 3.79. The van der Waals surface area contributed by atoms with Crippen molar-refractivity contribution in [1.29, 1.82) is 0 Å². The summed E-state index contributed by atoms with van der Waals surface area (Å²) >= 11 is 0. The summed E-state index contributed by atoms with van der Waals surface area (Å²) in [6, 6.07) is 8.07. The van der Waals surface area contributed by atoms with Crippen LogP contribution in [-0.2, 0) is 6.42 Å². The van der Waals surface area contributed by atoms with Gasteiger partial charge in [-0.05, 0) is 28.6 Å². The normalized spacial score (nSPS) is 13.3. The van der Waals surface area contributed by atoms with Crippen LogP contribution in [0, 0.1) is 16.8 Å².